The molecule has 0 saturated heterocycles. The minimum atomic E-state index is -0.428. The molecule has 0 radical (unpaired) electrons. The fraction of sp³-hybridized carbons (Fsp3) is 0.240. The van der Waals surface area contributed by atoms with Crippen LogP contribution in [0.3, 0.4) is 0 Å². The molecule has 4 rings (SSSR count). The van der Waals surface area contributed by atoms with E-state index in [2.05, 4.69) is 4.99 Å². The molecule has 0 saturated carbocycles. The first-order valence-electron chi connectivity index (χ1n) is 10.8. The summed E-state index contributed by atoms with van der Waals surface area (Å²) >= 11 is 1.32. The Balaban J connectivity index is 1.37. The smallest absolute Gasteiger partial charge is 0.283 e. The van der Waals surface area contributed by atoms with E-state index in [1.54, 1.807) is 41.8 Å². The molecule has 0 unspecified atom stereocenters. The molecule has 9 heteroatoms. The largest absolute Gasteiger partial charge is 0.497 e. The maximum Gasteiger partial charge on any atom is 0.283 e. The number of ether oxygens (including phenoxy) is 4. The third kappa shape index (κ3) is 5.43. The number of rotatable bonds is 10. The number of carbonyl (C=O) groups excluding carboxylic acids is 1. The van der Waals surface area contributed by atoms with E-state index in [1.165, 1.54) is 11.8 Å². The predicted molar refractivity (Wildman–Crippen MR) is 133 cm³/mol. The maximum atomic E-state index is 12.4. The topological polar surface area (TPSA) is 93.4 Å². The fourth-order valence-corrected chi connectivity index (χ4v) is 4.01. The van der Waals surface area contributed by atoms with Gasteiger partial charge < -0.3 is 18.9 Å². The molecular formula is C25H25N3O5S. The number of hydrogen-bond acceptors (Lipinski definition) is 7. The van der Waals surface area contributed by atoms with Crippen LogP contribution in [0.4, 0.5) is 0 Å². The van der Waals surface area contributed by atoms with Gasteiger partial charge in [-0.3, -0.25) is 15.1 Å². The van der Waals surface area contributed by atoms with Crippen LogP contribution in [0.15, 0.2) is 64.6 Å². The van der Waals surface area contributed by atoms with Gasteiger partial charge in [-0.15, -0.1) is 0 Å². The van der Waals surface area contributed by atoms with Crippen LogP contribution < -0.4 is 18.9 Å². The van der Waals surface area contributed by atoms with Crippen molar-refractivity contribution < 1.29 is 23.7 Å². The first-order valence-corrected chi connectivity index (χ1v) is 11.7. The average molecular weight is 480 g/mol. The predicted octanol–water partition coefficient (Wildman–Crippen LogP) is 4.72. The molecule has 0 aromatic heterocycles. The summed E-state index contributed by atoms with van der Waals surface area (Å²) in [7, 11) is 1.63. The molecule has 2 aliphatic rings. The molecule has 1 N–H and O–H groups in total. The number of benzene rings is 2. The van der Waals surface area contributed by atoms with Gasteiger partial charge in [0.05, 0.1) is 32.5 Å². The van der Waals surface area contributed by atoms with E-state index in [1.807, 2.05) is 37.3 Å². The van der Waals surface area contributed by atoms with Gasteiger partial charge in [0.1, 0.15) is 17.3 Å². The van der Waals surface area contributed by atoms with Crippen molar-refractivity contribution >= 4 is 34.7 Å². The number of nitrogens with one attached hydrogen (secondary N) is 1. The second-order valence-corrected chi connectivity index (χ2v) is 8.12. The minimum absolute atomic E-state index is 0.103. The molecule has 34 heavy (non-hydrogen) atoms. The van der Waals surface area contributed by atoms with E-state index < -0.39 is 5.91 Å². The van der Waals surface area contributed by atoms with Crippen molar-refractivity contribution in [2.45, 2.75) is 13.3 Å². The van der Waals surface area contributed by atoms with Crippen LogP contribution >= 0.6 is 11.8 Å². The highest BCUT2D eigenvalue weighted by Crippen LogP contribution is 2.31. The number of hydrogen-bond donors (Lipinski definition) is 1. The molecule has 2 heterocycles. The molecule has 8 nitrogen and oxygen atoms in total. The van der Waals surface area contributed by atoms with Crippen LogP contribution in [0.5, 0.6) is 23.0 Å². The van der Waals surface area contributed by atoms with Crippen LogP contribution in [0.1, 0.15) is 18.9 Å². The molecule has 2 aromatic carbocycles. The number of aliphatic imine (C=N–C) groups is 1. The van der Waals surface area contributed by atoms with E-state index >= 15 is 0 Å². The van der Waals surface area contributed by atoms with Gasteiger partial charge in [-0.2, -0.15) is 4.99 Å². The maximum absolute atomic E-state index is 12.4. The van der Waals surface area contributed by atoms with Crippen LogP contribution in [0.2, 0.25) is 0 Å². The average Bonchev–Trinajstić information content (AvgIpc) is 3.32. The van der Waals surface area contributed by atoms with E-state index in [0.717, 1.165) is 17.1 Å². The first kappa shape index (κ1) is 23.4. The lowest BCUT2D eigenvalue weighted by Crippen LogP contribution is -2.35. The van der Waals surface area contributed by atoms with Crippen LogP contribution in [-0.4, -0.2) is 48.7 Å². The second-order valence-electron chi connectivity index (χ2n) is 7.24. The number of thioether (sulfide) groups is 1. The second kappa shape index (κ2) is 10.9. The molecule has 0 bridgehead atoms. The molecule has 2 aromatic rings. The number of carbonyl (C=O) groups is 1. The van der Waals surface area contributed by atoms with Crippen molar-refractivity contribution in [2.75, 3.05) is 26.9 Å². The van der Waals surface area contributed by atoms with Gasteiger partial charge in [0, 0.05) is 12.6 Å². The lowest BCUT2D eigenvalue weighted by atomic mass is 10.1. The number of fused-ring (bicyclic) bond motifs is 1. The molecule has 2 aliphatic heterocycles. The van der Waals surface area contributed by atoms with Gasteiger partial charge in [0.2, 0.25) is 0 Å². The Morgan fingerprint density at radius 2 is 1.79 bits per heavy atom. The summed E-state index contributed by atoms with van der Waals surface area (Å²) in [4.78, 5) is 18.1. The van der Waals surface area contributed by atoms with Gasteiger partial charge >= 0.3 is 0 Å². The van der Waals surface area contributed by atoms with Gasteiger partial charge in [0.25, 0.3) is 5.91 Å². The highest BCUT2D eigenvalue weighted by molar-refractivity contribution is 8.16. The monoisotopic (exact) mass is 479 g/mol. The quantitative estimate of drug-likeness (QED) is 0.389. The normalized spacial score (nSPS) is 15.9. The van der Waals surface area contributed by atoms with Crippen molar-refractivity contribution in [3.8, 4) is 23.0 Å². The number of nitrogens with zero attached hydrogens (tertiary/aromatic N) is 2. The first-order chi connectivity index (χ1) is 16.6. The third-order valence-corrected chi connectivity index (χ3v) is 5.72. The van der Waals surface area contributed by atoms with E-state index in [4.69, 9.17) is 24.4 Å². The summed E-state index contributed by atoms with van der Waals surface area (Å²) in [6.07, 6.45) is 4.07. The van der Waals surface area contributed by atoms with Crippen molar-refractivity contribution in [1.82, 2.24) is 4.90 Å². The Morgan fingerprint density at radius 3 is 2.56 bits per heavy atom. The highest BCUT2D eigenvalue weighted by Gasteiger charge is 2.31. The standard InChI is InChI=1S/C25H25N3O5S/c1-3-31-22-16-17(15-20-23(26)28-11-14-34-25(28)27-24(20)29)5-10-21(22)33-13-4-12-32-19-8-6-18(30-2)7-9-19/h5-11,14-16,26H,3-4,12-13H2,1-2H3/b20-15-,26-23?. The zero-order valence-corrected chi connectivity index (χ0v) is 19.8. The lowest BCUT2D eigenvalue weighted by Gasteiger charge is -2.22. The summed E-state index contributed by atoms with van der Waals surface area (Å²) in [5.74, 6) is 2.41. The summed E-state index contributed by atoms with van der Waals surface area (Å²) in [6, 6.07) is 12.9. The number of methoxy groups -OCH3 is 1. The summed E-state index contributed by atoms with van der Waals surface area (Å²) < 4.78 is 22.5. The SMILES string of the molecule is CCOc1cc(/C=C2/C(=N)N3C=CSC3=NC2=O)ccc1OCCCOc1ccc(OC)cc1. The van der Waals surface area contributed by atoms with Crippen molar-refractivity contribution in [3.63, 3.8) is 0 Å². The third-order valence-electron chi connectivity index (χ3n) is 4.97. The van der Waals surface area contributed by atoms with Gasteiger partial charge in [0.15, 0.2) is 16.7 Å². The van der Waals surface area contributed by atoms with Crippen molar-refractivity contribution in [1.29, 1.82) is 5.41 Å². The Hall–Kier alpha value is -3.72. The van der Waals surface area contributed by atoms with Crippen LogP contribution in [0.25, 0.3) is 6.08 Å². The minimum Gasteiger partial charge on any atom is -0.497 e. The molecule has 176 valence electrons. The summed E-state index contributed by atoms with van der Waals surface area (Å²) in [5, 5.41) is 10.7. The molecule has 1 amide bonds. The Kier molecular flexibility index (Phi) is 7.54. The fourth-order valence-electron chi connectivity index (χ4n) is 3.30. The molecular weight excluding hydrogens is 454 g/mol. The van der Waals surface area contributed by atoms with E-state index in [9.17, 15) is 4.79 Å². The van der Waals surface area contributed by atoms with Crippen LogP contribution in [0, 0.1) is 5.41 Å². The van der Waals surface area contributed by atoms with Gasteiger partial charge in [-0.25, -0.2) is 0 Å². The summed E-state index contributed by atoms with van der Waals surface area (Å²) in [6.45, 7) is 3.33. The zero-order chi connectivity index (χ0) is 23.9. The van der Waals surface area contributed by atoms with E-state index in [-0.39, 0.29) is 11.4 Å². The van der Waals surface area contributed by atoms with Crippen molar-refractivity contribution in [3.05, 3.63) is 65.2 Å². The Labute approximate surface area is 202 Å². The molecule has 0 fully saturated rings. The van der Waals surface area contributed by atoms with Crippen molar-refractivity contribution in [2.24, 2.45) is 4.99 Å². The highest BCUT2D eigenvalue weighted by atomic mass is 32.2. The van der Waals surface area contributed by atoms with Gasteiger partial charge in [-0.05, 0) is 60.4 Å². The van der Waals surface area contributed by atoms with E-state index in [0.29, 0.717) is 42.9 Å². The molecule has 0 spiro atoms. The Bertz CT molecular complexity index is 1160. The lowest BCUT2D eigenvalue weighted by molar-refractivity contribution is -0.114. The molecule has 0 aliphatic carbocycles. The zero-order valence-electron chi connectivity index (χ0n) is 18.9. The number of amides is 1. The van der Waals surface area contributed by atoms with Crippen LogP contribution in [-0.2, 0) is 4.79 Å². The molecule has 0 atom stereocenters. The number of amidine groups is 2. The van der Waals surface area contributed by atoms with Gasteiger partial charge in [-0.1, -0.05) is 17.8 Å². The Morgan fingerprint density at radius 1 is 1.03 bits per heavy atom. The summed E-state index contributed by atoms with van der Waals surface area (Å²) in [5.41, 5.74) is 0.948.